The number of esters is 3. The van der Waals surface area contributed by atoms with Gasteiger partial charge in [0.1, 0.15) is 36.2 Å². The van der Waals surface area contributed by atoms with Gasteiger partial charge in [-0.15, -0.1) is 0 Å². The Kier molecular flexibility index (Phi) is 8.30. The molecule has 1 saturated heterocycles. The number of hydrogen-bond donors (Lipinski definition) is 0. The SMILES string of the molecule is CC(=O)OCC1O[C@H](Sc2ccc(F)c(Cl)c2)C(OC(C)=O)C(C)[C@H]1OC(C)=O. The lowest BCUT2D eigenvalue weighted by Crippen LogP contribution is -2.56. The Bertz CT molecular complexity index is 773. The molecule has 7 nitrogen and oxygen atoms in total. The van der Waals surface area contributed by atoms with E-state index in [0.717, 1.165) is 0 Å². The topological polar surface area (TPSA) is 88.1 Å². The highest BCUT2D eigenvalue weighted by molar-refractivity contribution is 7.99. The van der Waals surface area contributed by atoms with Gasteiger partial charge >= 0.3 is 17.9 Å². The summed E-state index contributed by atoms with van der Waals surface area (Å²) in [5.41, 5.74) is -0.734. The van der Waals surface area contributed by atoms with E-state index in [2.05, 4.69) is 0 Å². The molecule has 1 heterocycles. The number of carbonyl (C=O) groups excluding carboxylic acids is 3. The molecule has 1 aliphatic heterocycles. The van der Waals surface area contributed by atoms with Crippen molar-refractivity contribution in [3.8, 4) is 0 Å². The number of ether oxygens (including phenoxy) is 4. The van der Waals surface area contributed by atoms with Gasteiger partial charge in [-0.3, -0.25) is 14.4 Å². The predicted molar refractivity (Wildman–Crippen MR) is 103 cm³/mol. The molecule has 0 spiro atoms. The molecule has 10 heteroatoms. The van der Waals surface area contributed by atoms with Crippen LogP contribution in [-0.4, -0.2) is 48.3 Å². The molecule has 2 rings (SSSR count). The number of benzene rings is 1. The molecule has 3 unspecified atom stereocenters. The zero-order chi connectivity index (χ0) is 21.7. The van der Waals surface area contributed by atoms with Crippen molar-refractivity contribution in [1.29, 1.82) is 0 Å². The number of halogens is 2. The standard InChI is InChI=1S/C19H22ClFO7S/c1-9-17(26-11(3)23)16(8-25-10(2)22)28-19(18(9)27-12(4)24)29-13-5-6-15(21)14(20)7-13/h5-7,9,16-19H,8H2,1-4H3/t9?,16?,17-,18?,19-/m1/s1. The van der Waals surface area contributed by atoms with Crippen LogP contribution in [0, 0.1) is 11.7 Å². The first-order valence-electron chi connectivity index (χ1n) is 8.83. The summed E-state index contributed by atoms with van der Waals surface area (Å²) in [7, 11) is 0. The predicted octanol–water partition coefficient (Wildman–Crippen LogP) is 3.36. The Morgan fingerprint density at radius 3 is 2.28 bits per heavy atom. The summed E-state index contributed by atoms with van der Waals surface area (Å²) in [6.07, 6.45) is -2.36. The lowest BCUT2D eigenvalue weighted by Gasteiger charge is -2.43. The molecule has 0 amide bonds. The Hall–Kier alpha value is -1.84. The molecule has 1 fully saturated rings. The fraction of sp³-hybridized carbons (Fsp3) is 0.526. The average Bonchev–Trinajstić information content (AvgIpc) is 2.61. The Morgan fingerprint density at radius 1 is 1.10 bits per heavy atom. The van der Waals surface area contributed by atoms with Gasteiger partial charge < -0.3 is 18.9 Å². The summed E-state index contributed by atoms with van der Waals surface area (Å²) < 4.78 is 35.3. The third kappa shape index (κ3) is 6.58. The summed E-state index contributed by atoms with van der Waals surface area (Å²) in [5, 5.41) is -0.0582. The second-order valence-electron chi connectivity index (χ2n) is 6.55. The maximum atomic E-state index is 13.5. The first kappa shape index (κ1) is 23.4. The van der Waals surface area contributed by atoms with Gasteiger partial charge in [-0.2, -0.15) is 0 Å². The smallest absolute Gasteiger partial charge is 0.303 e. The highest BCUT2D eigenvalue weighted by Crippen LogP contribution is 2.39. The first-order chi connectivity index (χ1) is 13.6. The third-order valence-electron chi connectivity index (χ3n) is 4.18. The molecule has 160 valence electrons. The van der Waals surface area contributed by atoms with Crippen LogP contribution in [0.2, 0.25) is 5.02 Å². The molecule has 0 aliphatic carbocycles. The summed E-state index contributed by atoms with van der Waals surface area (Å²) in [5.74, 6) is -2.62. The van der Waals surface area contributed by atoms with Crippen LogP contribution < -0.4 is 0 Å². The van der Waals surface area contributed by atoms with Crippen molar-refractivity contribution in [2.45, 2.75) is 56.3 Å². The lowest BCUT2D eigenvalue weighted by molar-refractivity contribution is -0.212. The van der Waals surface area contributed by atoms with E-state index < -0.39 is 53.4 Å². The minimum atomic E-state index is -0.801. The molecule has 0 N–H and O–H groups in total. The summed E-state index contributed by atoms with van der Waals surface area (Å²) in [4.78, 5) is 35.0. The van der Waals surface area contributed by atoms with Crippen LogP contribution in [0.15, 0.2) is 23.1 Å². The molecule has 1 aromatic rings. The number of rotatable bonds is 6. The van der Waals surface area contributed by atoms with E-state index in [1.165, 1.54) is 50.7 Å². The van der Waals surface area contributed by atoms with Gasteiger partial charge in [0.2, 0.25) is 0 Å². The zero-order valence-electron chi connectivity index (χ0n) is 16.3. The molecule has 1 aliphatic rings. The van der Waals surface area contributed by atoms with Crippen LogP contribution >= 0.6 is 23.4 Å². The molecular formula is C19H22ClFO7S. The minimum Gasteiger partial charge on any atom is -0.463 e. The fourth-order valence-corrected chi connectivity index (χ4v) is 4.42. The molecular weight excluding hydrogens is 427 g/mol. The van der Waals surface area contributed by atoms with Crippen molar-refractivity contribution >= 4 is 41.3 Å². The van der Waals surface area contributed by atoms with Gasteiger partial charge in [0.25, 0.3) is 0 Å². The quantitative estimate of drug-likeness (QED) is 0.483. The van der Waals surface area contributed by atoms with Crippen LogP contribution in [0.25, 0.3) is 0 Å². The van der Waals surface area contributed by atoms with E-state index in [0.29, 0.717) is 4.90 Å². The van der Waals surface area contributed by atoms with Crippen molar-refractivity contribution in [2.24, 2.45) is 5.92 Å². The number of hydrogen-bond acceptors (Lipinski definition) is 8. The van der Waals surface area contributed by atoms with Gasteiger partial charge in [-0.25, -0.2) is 4.39 Å². The van der Waals surface area contributed by atoms with E-state index in [9.17, 15) is 18.8 Å². The third-order valence-corrected chi connectivity index (χ3v) is 5.61. The van der Waals surface area contributed by atoms with Crippen molar-refractivity contribution in [3.63, 3.8) is 0 Å². The summed E-state index contributed by atoms with van der Waals surface area (Å²) in [6.45, 7) is 5.36. The van der Waals surface area contributed by atoms with Crippen LogP contribution in [0.3, 0.4) is 0 Å². The fourth-order valence-electron chi connectivity index (χ4n) is 2.94. The van der Waals surface area contributed by atoms with Crippen LogP contribution in [-0.2, 0) is 33.3 Å². The molecule has 1 aromatic carbocycles. The minimum absolute atomic E-state index is 0.0582. The van der Waals surface area contributed by atoms with Gasteiger partial charge in [-0.1, -0.05) is 30.3 Å². The highest BCUT2D eigenvalue weighted by Gasteiger charge is 2.48. The molecule has 0 bridgehead atoms. The van der Waals surface area contributed by atoms with Crippen LogP contribution in [0.1, 0.15) is 27.7 Å². The Labute approximate surface area is 177 Å². The molecule has 0 radical (unpaired) electrons. The lowest BCUT2D eigenvalue weighted by atomic mass is 9.91. The van der Waals surface area contributed by atoms with Gasteiger partial charge in [-0.05, 0) is 18.2 Å². The normalized spacial score (nSPS) is 26.5. The summed E-state index contributed by atoms with van der Waals surface area (Å²) >= 11 is 7.01. The van der Waals surface area contributed by atoms with Gasteiger partial charge in [0, 0.05) is 31.6 Å². The monoisotopic (exact) mass is 448 g/mol. The molecule has 5 atom stereocenters. The summed E-state index contributed by atoms with van der Waals surface area (Å²) in [6, 6.07) is 4.17. The first-order valence-corrected chi connectivity index (χ1v) is 10.1. The molecule has 0 saturated carbocycles. The van der Waals surface area contributed by atoms with Crippen molar-refractivity contribution in [1.82, 2.24) is 0 Å². The van der Waals surface area contributed by atoms with E-state index in [4.69, 9.17) is 30.5 Å². The zero-order valence-corrected chi connectivity index (χ0v) is 17.9. The maximum Gasteiger partial charge on any atom is 0.303 e. The molecule has 0 aromatic heterocycles. The van der Waals surface area contributed by atoms with Crippen molar-refractivity contribution in [3.05, 3.63) is 29.0 Å². The van der Waals surface area contributed by atoms with Crippen LogP contribution in [0.5, 0.6) is 0 Å². The second-order valence-corrected chi connectivity index (χ2v) is 8.13. The number of carbonyl (C=O) groups is 3. The van der Waals surface area contributed by atoms with Crippen LogP contribution in [0.4, 0.5) is 4.39 Å². The second kappa shape index (κ2) is 10.3. The van der Waals surface area contributed by atoms with Gasteiger partial charge in [0.05, 0.1) is 5.02 Å². The average molecular weight is 449 g/mol. The van der Waals surface area contributed by atoms with E-state index >= 15 is 0 Å². The Balaban J connectivity index is 2.31. The van der Waals surface area contributed by atoms with Crippen molar-refractivity contribution in [2.75, 3.05) is 6.61 Å². The Morgan fingerprint density at radius 2 is 1.72 bits per heavy atom. The highest BCUT2D eigenvalue weighted by atomic mass is 35.5. The number of thioether (sulfide) groups is 1. The van der Waals surface area contributed by atoms with E-state index in [1.807, 2.05) is 0 Å². The maximum absolute atomic E-state index is 13.5. The van der Waals surface area contributed by atoms with E-state index in [-0.39, 0.29) is 11.6 Å². The van der Waals surface area contributed by atoms with Gasteiger partial charge in [0.15, 0.2) is 0 Å². The van der Waals surface area contributed by atoms with Crippen molar-refractivity contribution < 1.29 is 37.7 Å². The largest absolute Gasteiger partial charge is 0.463 e. The molecule has 29 heavy (non-hydrogen) atoms. The van der Waals surface area contributed by atoms with E-state index in [1.54, 1.807) is 6.92 Å².